The standard InChI is InChI=1S/C16H29N3S/c1-7-13-14(10-17-16(3,4)5)20-15(18-13)19(6)11(2)12-8-9-12/h11-12,17H,7-10H2,1-6H3. The maximum atomic E-state index is 4.86. The molecule has 0 spiro atoms. The second kappa shape index (κ2) is 6.02. The number of nitrogens with zero attached hydrogens (tertiary/aromatic N) is 2. The fraction of sp³-hybridized carbons (Fsp3) is 0.812. The average Bonchev–Trinajstić information content (AvgIpc) is 3.13. The maximum Gasteiger partial charge on any atom is 0.185 e. The van der Waals surface area contributed by atoms with Crippen molar-refractivity contribution < 1.29 is 0 Å². The summed E-state index contributed by atoms with van der Waals surface area (Å²) in [5, 5.41) is 4.77. The normalized spacial score (nSPS) is 17.3. The lowest BCUT2D eigenvalue weighted by Gasteiger charge is -2.24. The number of hydrogen-bond donors (Lipinski definition) is 1. The van der Waals surface area contributed by atoms with Crippen LogP contribution in [0.4, 0.5) is 5.13 Å². The van der Waals surface area contributed by atoms with E-state index in [1.807, 2.05) is 11.3 Å². The van der Waals surface area contributed by atoms with Gasteiger partial charge in [0, 0.05) is 30.1 Å². The molecule has 1 fully saturated rings. The summed E-state index contributed by atoms with van der Waals surface area (Å²) in [6.45, 7) is 12.1. The third-order valence-corrected chi connectivity index (χ3v) is 5.29. The zero-order valence-corrected chi connectivity index (χ0v) is 14.6. The Hall–Kier alpha value is -0.610. The van der Waals surface area contributed by atoms with E-state index in [0.29, 0.717) is 6.04 Å². The minimum atomic E-state index is 0.155. The first kappa shape index (κ1) is 15.8. The Morgan fingerprint density at radius 3 is 2.55 bits per heavy atom. The van der Waals surface area contributed by atoms with Crippen molar-refractivity contribution in [2.24, 2.45) is 5.92 Å². The van der Waals surface area contributed by atoms with Gasteiger partial charge < -0.3 is 10.2 Å². The number of nitrogens with one attached hydrogen (secondary N) is 1. The van der Waals surface area contributed by atoms with Crippen LogP contribution in [-0.2, 0) is 13.0 Å². The molecule has 0 aliphatic heterocycles. The molecule has 1 N–H and O–H groups in total. The van der Waals surface area contributed by atoms with Gasteiger partial charge in [0.2, 0.25) is 0 Å². The first-order chi connectivity index (χ1) is 9.31. The number of anilines is 1. The average molecular weight is 295 g/mol. The van der Waals surface area contributed by atoms with Crippen LogP contribution in [0.15, 0.2) is 0 Å². The summed E-state index contributed by atoms with van der Waals surface area (Å²) in [5.74, 6) is 0.880. The van der Waals surface area contributed by atoms with Crippen molar-refractivity contribution in [1.82, 2.24) is 10.3 Å². The van der Waals surface area contributed by atoms with Gasteiger partial charge in [-0.25, -0.2) is 4.98 Å². The molecule has 0 aromatic carbocycles. The minimum absolute atomic E-state index is 0.155. The van der Waals surface area contributed by atoms with E-state index < -0.39 is 0 Å². The second-order valence-electron chi connectivity index (χ2n) is 7.01. The molecule has 1 heterocycles. The summed E-state index contributed by atoms with van der Waals surface area (Å²) in [6, 6.07) is 0.620. The van der Waals surface area contributed by atoms with Crippen molar-refractivity contribution in [1.29, 1.82) is 0 Å². The largest absolute Gasteiger partial charge is 0.348 e. The first-order valence-corrected chi connectivity index (χ1v) is 8.60. The number of rotatable bonds is 6. The van der Waals surface area contributed by atoms with Crippen molar-refractivity contribution in [3.05, 3.63) is 10.6 Å². The van der Waals surface area contributed by atoms with E-state index in [4.69, 9.17) is 4.98 Å². The maximum absolute atomic E-state index is 4.86. The molecule has 0 bridgehead atoms. The van der Waals surface area contributed by atoms with Crippen molar-refractivity contribution in [3.63, 3.8) is 0 Å². The molecule has 1 atom stereocenters. The van der Waals surface area contributed by atoms with Gasteiger partial charge in [-0.3, -0.25) is 0 Å². The molecule has 1 aromatic heterocycles. The van der Waals surface area contributed by atoms with Gasteiger partial charge in [-0.2, -0.15) is 0 Å². The quantitative estimate of drug-likeness (QED) is 0.864. The van der Waals surface area contributed by atoms with Crippen LogP contribution in [0.3, 0.4) is 0 Å². The monoisotopic (exact) mass is 295 g/mol. The Labute approximate surface area is 127 Å². The van der Waals surface area contributed by atoms with E-state index in [-0.39, 0.29) is 5.54 Å². The Balaban J connectivity index is 2.09. The van der Waals surface area contributed by atoms with Gasteiger partial charge in [-0.1, -0.05) is 6.92 Å². The topological polar surface area (TPSA) is 28.2 Å². The van der Waals surface area contributed by atoms with Gasteiger partial charge in [-0.15, -0.1) is 11.3 Å². The molecular formula is C16H29N3S. The van der Waals surface area contributed by atoms with Gasteiger partial charge in [0.05, 0.1) is 5.69 Å². The van der Waals surface area contributed by atoms with Crippen molar-refractivity contribution >= 4 is 16.5 Å². The van der Waals surface area contributed by atoms with Gasteiger partial charge in [0.25, 0.3) is 0 Å². The van der Waals surface area contributed by atoms with Gasteiger partial charge in [-0.05, 0) is 52.9 Å². The molecule has 114 valence electrons. The number of thiazole rings is 1. The summed E-state index contributed by atoms with van der Waals surface area (Å²) >= 11 is 1.86. The predicted octanol–water partition coefficient (Wildman–Crippen LogP) is 3.83. The van der Waals surface area contributed by atoms with Gasteiger partial charge in [0.15, 0.2) is 5.13 Å². The molecule has 0 amide bonds. The van der Waals surface area contributed by atoms with E-state index in [1.54, 1.807) is 0 Å². The van der Waals surface area contributed by atoms with Crippen LogP contribution in [-0.4, -0.2) is 23.6 Å². The molecule has 20 heavy (non-hydrogen) atoms. The van der Waals surface area contributed by atoms with Gasteiger partial charge in [0.1, 0.15) is 0 Å². The summed E-state index contributed by atoms with van der Waals surface area (Å²) in [4.78, 5) is 8.64. The van der Waals surface area contributed by atoms with Crippen LogP contribution >= 0.6 is 11.3 Å². The molecule has 2 rings (SSSR count). The molecule has 1 saturated carbocycles. The zero-order chi connectivity index (χ0) is 14.9. The molecule has 4 heteroatoms. The molecule has 3 nitrogen and oxygen atoms in total. The molecular weight excluding hydrogens is 266 g/mol. The molecule has 0 radical (unpaired) electrons. The number of aryl methyl sites for hydroxylation is 1. The van der Waals surface area contributed by atoms with E-state index in [9.17, 15) is 0 Å². The third kappa shape index (κ3) is 3.95. The highest BCUT2D eigenvalue weighted by Crippen LogP contribution is 2.37. The van der Waals surface area contributed by atoms with Crippen LogP contribution in [0.2, 0.25) is 0 Å². The lowest BCUT2D eigenvalue weighted by molar-refractivity contribution is 0.425. The molecule has 1 unspecified atom stereocenters. The van der Waals surface area contributed by atoms with Crippen LogP contribution in [0.5, 0.6) is 0 Å². The van der Waals surface area contributed by atoms with Crippen LogP contribution < -0.4 is 10.2 Å². The summed E-state index contributed by atoms with van der Waals surface area (Å²) < 4.78 is 0. The lowest BCUT2D eigenvalue weighted by atomic mass is 10.1. The highest BCUT2D eigenvalue weighted by atomic mass is 32.1. The smallest absolute Gasteiger partial charge is 0.185 e. The molecule has 1 aliphatic rings. The van der Waals surface area contributed by atoms with E-state index in [2.05, 4.69) is 51.9 Å². The molecule has 1 aromatic rings. The molecule has 0 saturated heterocycles. The van der Waals surface area contributed by atoms with E-state index >= 15 is 0 Å². The highest BCUT2D eigenvalue weighted by molar-refractivity contribution is 7.15. The summed E-state index contributed by atoms with van der Waals surface area (Å²) in [5.41, 5.74) is 1.42. The third-order valence-electron chi connectivity index (χ3n) is 4.10. The lowest BCUT2D eigenvalue weighted by Crippen LogP contribution is -2.35. The van der Waals surface area contributed by atoms with Crippen molar-refractivity contribution in [2.45, 2.75) is 72.0 Å². The summed E-state index contributed by atoms with van der Waals surface area (Å²) in [6.07, 6.45) is 3.79. The van der Waals surface area contributed by atoms with Crippen molar-refractivity contribution in [2.75, 3.05) is 11.9 Å². The Morgan fingerprint density at radius 1 is 1.40 bits per heavy atom. The molecule has 1 aliphatic carbocycles. The highest BCUT2D eigenvalue weighted by Gasteiger charge is 2.31. The van der Waals surface area contributed by atoms with Gasteiger partial charge >= 0.3 is 0 Å². The second-order valence-corrected chi connectivity index (χ2v) is 8.07. The SMILES string of the molecule is CCc1nc(N(C)C(C)C2CC2)sc1CNC(C)(C)C. The van der Waals surface area contributed by atoms with Crippen LogP contribution in [0.25, 0.3) is 0 Å². The van der Waals surface area contributed by atoms with Crippen molar-refractivity contribution in [3.8, 4) is 0 Å². The predicted molar refractivity (Wildman–Crippen MR) is 88.7 cm³/mol. The van der Waals surface area contributed by atoms with E-state index in [0.717, 1.165) is 18.9 Å². The first-order valence-electron chi connectivity index (χ1n) is 7.78. The fourth-order valence-corrected chi connectivity index (χ4v) is 3.49. The van der Waals surface area contributed by atoms with E-state index in [1.165, 1.54) is 28.5 Å². The fourth-order valence-electron chi connectivity index (χ4n) is 2.35. The van der Waals surface area contributed by atoms with Crippen LogP contribution in [0.1, 0.15) is 58.0 Å². The Bertz CT molecular complexity index is 443. The van der Waals surface area contributed by atoms with Crippen LogP contribution in [0, 0.1) is 5.92 Å². The summed E-state index contributed by atoms with van der Waals surface area (Å²) in [7, 11) is 2.20. The zero-order valence-electron chi connectivity index (χ0n) is 13.8. The Morgan fingerprint density at radius 2 is 2.05 bits per heavy atom. The minimum Gasteiger partial charge on any atom is -0.348 e. The Kier molecular flexibility index (Phi) is 4.75. The number of hydrogen-bond acceptors (Lipinski definition) is 4. The number of aromatic nitrogens is 1.